The fourth-order valence-electron chi connectivity index (χ4n) is 4.59. The van der Waals surface area contributed by atoms with E-state index in [1.165, 1.54) is 27.4 Å². The average Bonchev–Trinajstić information content (AvgIpc) is 3.19. The van der Waals surface area contributed by atoms with Crippen LogP contribution in [0.15, 0.2) is 83.3 Å². The third-order valence-corrected chi connectivity index (χ3v) is 8.94. The van der Waals surface area contributed by atoms with Crippen LogP contribution < -0.4 is 4.90 Å². The Bertz CT molecular complexity index is 1550. The van der Waals surface area contributed by atoms with E-state index in [-0.39, 0.29) is 53.0 Å². The molecule has 3 aromatic rings. The minimum Gasteiger partial charge on any atom is -0.507 e. The molecule has 0 aliphatic carbocycles. The number of carbonyl (C=O) groups excluding carboxylic acids is 2. The number of hydrogen-bond donors (Lipinski definition) is 1. The zero-order valence-electron chi connectivity index (χ0n) is 19.9. The standard InChI is InChI=1S/C27H22Cl2N2O6S/c28-18-10-8-17(9-11-18)24-23(25(32)21-6-1-2-7-22(21)29)26(33)27(34)31(24)19-4-3-5-20(16-19)38(35,36)30-12-14-37-15-13-30/h1-11,16,24,32H,12-15H2/b25-23-. The highest BCUT2D eigenvalue weighted by Crippen LogP contribution is 2.43. The molecule has 0 bridgehead atoms. The first kappa shape index (κ1) is 26.4. The van der Waals surface area contributed by atoms with Gasteiger partial charge in [0, 0.05) is 29.4 Å². The summed E-state index contributed by atoms with van der Waals surface area (Å²) in [6.45, 7) is 0.984. The third kappa shape index (κ3) is 4.72. The second-order valence-corrected chi connectivity index (χ2v) is 11.5. The number of nitrogens with zero attached hydrogens (tertiary/aromatic N) is 2. The summed E-state index contributed by atoms with van der Waals surface area (Å²) in [7, 11) is -3.88. The van der Waals surface area contributed by atoms with Gasteiger partial charge >= 0.3 is 0 Å². The molecule has 3 aromatic carbocycles. The largest absolute Gasteiger partial charge is 0.507 e. The zero-order chi connectivity index (χ0) is 27.0. The highest BCUT2D eigenvalue weighted by molar-refractivity contribution is 7.89. The van der Waals surface area contributed by atoms with Crippen LogP contribution >= 0.6 is 23.2 Å². The Labute approximate surface area is 229 Å². The van der Waals surface area contributed by atoms with Crippen LogP contribution in [0.1, 0.15) is 17.2 Å². The SMILES string of the molecule is O=C1C(=O)N(c2cccc(S(=O)(=O)N3CCOCC3)c2)C(c2ccc(Cl)cc2)/C1=C(/O)c1ccccc1Cl. The zero-order valence-corrected chi connectivity index (χ0v) is 22.2. The van der Waals surface area contributed by atoms with Crippen LogP contribution in [0.2, 0.25) is 10.0 Å². The number of ketones is 1. The van der Waals surface area contributed by atoms with Crippen LogP contribution in [0.3, 0.4) is 0 Å². The van der Waals surface area contributed by atoms with Crippen LogP contribution in [0.25, 0.3) is 5.76 Å². The van der Waals surface area contributed by atoms with Crippen LogP contribution in [0.5, 0.6) is 0 Å². The normalized spacial score (nSPS) is 20.2. The first-order chi connectivity index (χ1) is 18.2. The van der Waals surface area contributed by atoms with Crippen molar-refractivity contribution in [2.24, 2.45) is 0 Å². The number of aliphatic hydroxyl groups excluding tert-OH is 1. The molecule has 1 amide bonds. The molecule has 5 rings (SSSR count). The van der Waals surface area contributed by atoms with Crippen molar-refractivity contribution in [3.63, 3.8) is 0 Å². The van der Waals surface area contributed by atoms with E-state index in [2.05, 4.69) is 0 Å². The summed E-state index contributed by atoms with van der Waals surface area (Å²) in [5, 5.41) is 11.9. The van der Waals surface area contributed by atoms with E-state index in [1.54, 1.807) is 54.6 Å². The Hall–Kier alpha value is -3.21. The number of aliphatic hydroxyl groups is 1. The number of benzene rings is 3. The van der Waals surface area contributed by atoms with Crippen molar-refractivity contribution in [3.8, 4) is 0 Å². The summed E-state index contributed by atoms with van der Waals surface area (Å²) in [5.74, 6) is -2.28. The molecule has 0 spiro atoms. The van der Waals surface area contributed by atoms with Crippen molar-refractivity contribution in [1.29, 1.82) is 0 Å². The molecule has 0 aromatic heterocycles. The van der Waals surface area contributed by atoms with Crippen LogP contribution in [-0.4, -0.2) is 55.8 Å². The molecule has 1 unspecified atom stereocenters. The molecule has 196 valence electrons. The number of anilines is 1. The van der Waals surface area contributed by atoms with Crippen molar-refractivity contribution in [2.45, 2.75) is 10.9 Å². The molecule has 38 heavy (non-hydrogen) atoms. The van der Waals surface area contributed by atoms with Crippen LogP contribution in [-0.2, 0) is 24.3 Å². The van der Waals surface area contributed by atoms with Crippen LogP contribution in [0, 0.1) is 0 Å². The van der Waals surface area contributed by atoms with Crippen molar-refractivity contribution >= 4 is 56.4 Å². The van der Waals surface area contributed by atoms with Crippen molar-refractivity contribution < 1.29 is 27.9 Å². The molecule has 8 nitrogen and oxygen atoms in total. The second kappa shape index (κ2) is 10.5. The van der Waals surface area contributed by atoms with E-state index < -0.39 is 33.5 Å². The van der Waals surface area contributed by atoms with E-state index >= 15 is 0 Å². The van der Waals surface area contributed by atoms with Gasteiger partial charge < -0.3 is 9.84 Å². The van der Waals surface area contributed by atoms with E-state index in [4.69, 9.17) is 27.9 Å². The van der Waals surface area contributed by atoms with E-state index in [1.807, 2.05) is 0 Å². The molecule has 2 fully saturated rings. The van der Waals surface area contributed by atoms with Gasteiger partial charge in [0.25, 0.3) is 11.7 Å². The molecule has 2 heterocycles. The summed E-state index contributed by atoms with van der Waals surface area (Å²) in [6.07, 6.45) is 0. The summed E-state index contributed by atoms with van der Waals surface area (Å²) in [5.41, 5.74) is 0.685. The minimum absolute atomic E-state index is 0.0280. The smallest absolute Gasteiger partial charge is 0.300 e. The maximum atomic E-state index is 13.4. The molecular formula is C27H22Cl2N2O6S. The molecular weight excluding hydrogens is 551 g/mol. The van der Waals surface area contributed by atoms with Crippen molar-refractivity contribution in [1.82, 2.24) is 4.31 Å². The summed E-state index contributed by atoms with van der Waals surface area (Å²) in [4.78, 5) is 28.0. The lowest BCUT2D eigenvalue weighted by molar-refractivity contribution is -0.132. The summed E-state index contributed by atoms with van der Waals surface area (Å²) >= 11 is 12.4. The van der Waals surface area contributed by atoms with Gasteiger partial charge in [0.2, 0.25) is 10.0 Å². The van der Waals surface area contributed by atoms with Gasteiger partial charge in [0.1, 0.15) is 5.76 Å². The van der Waals surface area contributed by atoms with Crippen LogP contribution in [0.4, 0.5) is 5.69 Å². The number of Topliss-reactive ketones (excluding diaryl/α,β-unsaturated/α-hetero) is 1. The highest BCUT2D eigenvalue weighted by atomic mass is 35.5. The van der Waals surface area contributed by atoms with Crippen molar-refractivity contribution in [2.75, 3.05) is 31.2 Å². The predicted octanol–water partition coefficient (Wildman–Crippen LogP) is 4.64. The third-order valence-electron chi connectivity index (χ3n) is 6.46. The molecule has 2 saturated heterocycles. The fourth-order valence-corrected chi connectivity index (χ4v) is 6.39. The number of rotatable bonds is 5. The Morgan fingerprint density at radius 2 is 1.61 bits per heavy atom. The number of amides is 1. The molecule has 0 radical (unpaired) electrons. The maximum Gasteiger partial charge on any atom is 0.300 e. The average molecular weight is 573 g/mol. The Morgan fingerprint density at radius 3 is 2.29 bits per heavy atom. The van der Waals surface area contributed by atoms with Gasteiger partial charge in [-0.05, 0) is 48.0 Å². The molecule has 2 aliphatic rings. The molecule has 0 saturated carbocycles. The number of ether oxygens (including phenoxy) is 1. The van der Waals surface area contributed by atoms with Gasteiger partial charge in [-0.25, -0.2) is 8.42 Å². The maximum absolute atomic E-state index is 13.4. The van der Waals surface area contributed by atoms with E-state index in [9.17, 15) is 23.1 Å². The van der Waals surface area contributed by atoms with E-state index in [0.717, 1.165) is 0 Å². The van der Waals surface area contributed by atoms with Crippen molar-refractivity contribution in [3.05, 3.63) is 99.5 Å². The van der Waals surface area contributed by atoms with Gasteiger partial charge in [-0.1, -0.05) is 53.5 Å². The summed E-state index contributed by atoms with van der Waals surface area (Å²) in [6, 6.07) is 17.7. The lowest BCUT2D eigenvalue weighted by Gasteiger charge is -2.28. The predicted molar refractivity (Wildman–Crippen MR) is 144 cm³/mol. The Balaban J connectivity index is 1.67. The number of carbonyl (C=O) groups is 2. The molecule has 1 N–H and O–H groups in total. The quantitative estimate of drug-likeness (QED) is 0.271. The molecule has 11 heteroatoms. The number of halogens is 2. The number of sulfonamides is 1. The Kier molecular flexibility index (Phi) is 7.30. The highest BCUT2D eigenvalue weighted by Gasteiger charge is 2.47. The molecule has 2 aliphatic heterocycles. The number of morpholine rings is 1. The summed E-state index contributed by atoms with van der Waals surface area (Å²) < 4.78 is 33.2. The van der Waals surface area contributed by atoms with Gasteiger partial charge in [0.05, 0.1) is 34.7 Å². The number of hydrogen-bond acceptors (Lipinski definition) is 6. The van der Waals surface area contributed by atoms with Gasteiger partial charge in [-0.15, -0.1) is 0 Å². The van der Waals surface area contributed by atoms with Gasteiger partial charge in [0.15, 0.2) is 0 Å². The lowest BCUT2D eigenvalue weighted by atomic mass is 9.95. The Morgan fingerprint density at radius 1 is 0.921 bits per heavy atom. The van der Waals surface area contributed by atoms with Gasteiger partial charge in [-0.2, -0.15) is 4.31 Å². The lowest BCUT2D eigenvalue weighted by Crippen LogP contribution is -2.40. The monoisotopic (exact) mass is 572 g/mol. The first-order valence-electron chi connectivity index (χ1n) is 11.7. The topological polar surface area (TPSA) is 104 Å². The van der Waals surface area contributed by atoms with E-state index in [0.29, 0.717) is 10.6 Å². The van der Waals surface area contributed by atoms with Gasteiger partial charge in [-0.3, -0.25) is 14.5 Å². The fraction of sp³-hybridized carbons (Fsp3) is 0.185. The molecule has 1 atom stereocenters. The minimum atomic E-state index is -3.88. The second-order valence-electron chi connectivity index (χ2n) is 8.71. The first-order valence-corrected chi connectivity index (χ1v) is 13.9.